The van der Waals surface area contributed by atoms with E-state index in [4.69, 9.17) is 4.74 Å². The number of rotatable bonds is 3. The van der Waals surface area contributed by atoms with E-state index in [0.717, 1.165) is 22.5 Å². The van der Waals surface area contributed by atoms with Gasteiger partial charge in [-0.3, -0.25) is 0 Å². The van der Waals surface area contributed by atoms with Crippen LogP contribution in [-0.2, 0) is 6.54 Å². The fourth-order valence-corrected chi connectivity index (χ4v) is 2.32. The molecule has 22 heavy (non-hydrogen) atoms. The number of anilines is 2. The fourth-order valence-electron chi connectivity index (χ4n) is 2.32. The number of hydrogen-bond acceptors (Lipinski definition) is 4. The van der Waals surface area contributed by atoms with Gasteiger partial charge >= 0.3 is 6.03 Å². The van der Waals surface area contributed by atoms with Crippen molar-refractivity contribution >= 4 is 17.4 Å². The van der Waals surface area contributed by atoms with Gasteiger partial charge in [-0.2, -0.15) is 0 Å². The second-order valence-electron chi connectivity index (χ2n) is 5.04. The molecule has 2 aromatic carbocycles. The molecule has 0 spiro atoms. The second-order valence-corrected chi connectivity index (χ2v) is 5.04. The van der Waals surface area contributed by atoms with Crippen LogP contribution < -0.4 is 26.0 Å². The van der Waals surface area contributed by atoms with Gasteiger partial charge in [0.25, 0.3) is 0 Å². The van der Waals surface area contributed by atoms with Gasteiger partial charge in [-0.1, -0.05) is 24.3 Å². The maximum absolute atomic E-state index is 12.4. The van der Waals surface area contributed by atoms with Gasteiger partial charge in [-0.15, -0.1) is 5.53 Å². The first-order valence-electron chi connectivity index (χ1n) is 7.01. The Morgan fingerprint density at radius 3 is 2.86 bits per heavy atom. The Labute approximate surface area is 129 Å². The summed E-state index contributed by atoms with van der Waals surface area (Å²) in [5.41, 5.74) is 9.58. The molecule has 3 N–H and O–H groups in total. The van der Waals surface area contributed by atoms with Crippen molar-refractivity contribution in [1.29, 1.82) is 0 Å². The van der Waals surface area contributed by atoms with Crippen molar-refractivity contribution in [3.05, 3.63) is 53.6 Å². The van der Waals surface area contributed by atoms with Gasteiger partial charge < -0.3 is 15.5 Å². The predicted octanol–water partition coefficient (Wildman–Crippen LogP) is 2.56. The molecule has 2 amide bonds. The molecule has 1 aliphatic heterocycles. The lowest BCUT2D eigenvalue weighted by Crippen LogP contribution is -2.46. The molecule has 6 heteroatoms. The molecule has 0 bridgehead atoms. The number of nitrogens with zero attached hydrogens (tertiary/aromatic N) is 1. The minimum absolute atomic E-state index is 0.234. The normalized spacial score (nSPS) is 12.5. The number of hydrazine groups is 2. The summed E-state index contributed by atoms with van der Waals surface area (Å²) in [7, 11) is 1.60. The number of amides is 2. The summed E-state index contributed by atoms with van der Waals surface area (Å²) in [6, 6.07) is 13.2. The third-order valence-corrected chi connectivity index (χ3v) is 3.64. The van der Waals surface area contributed by atoms with E-state index in [2.05, 4.69) is 16.3 Å². The number of urea groups is 1. The molecule has 6 nitrogen and oxygen atoms in total. The zero-order chi connectivity index (χ0) is 15.5. The molecule has 1 heterocycles. The van der Waals surface area contributed by atoms with Crippen molar-refractivity contribution in [3.8, 4) is 5.75 Å². The molecule has 0 radical (unpaired) electrons. The van der Waals surface area contributed by atoms with E-state index in [0.29, 0.717) is 12.3 Å². The van der Waals surface area contributed by atoms with Gasteiger partial charge in [0.1, 0.15) is 5.75 Å². The van der Waals surface area contributed by atoms with Gasteiger partial charge in [0.15, 0.2) is 0 Å². The van der Waals surface area contributed by atoms with Crippen LogP contribution in [0.3, 0.4) is 0 Å². The second kappa shape index (κ2) is 5.95. The lowest BCUT2D eigenvalue weighted by atomic mass is 10.1. The van der Waals surface area contributed by atoms with E-state index in [9.17, 15) is 4.79 Å². The third kappa shape index (κ3) is 2.68. The third-order valence-electron chi connectivity index (χ3n) is 3.64. The lowest BCUT2D eigenvalue weighted by Gasteiger charge is -2.17. The summed E-state index contributed by atoms with van der Waals surface area (Å²) < 4.78 is 5.20. The van der Waals surface area contributed by atoms with Crippen LogP contribution in [0.25, 0.3) is 0 Å². The first-order chi connectivity index (χ1) is 10.7. The lowest BCUT2D eigenvalue weighted by molar-refractivity contribution is 0.244. The SMILES string of the molecule is COc1ccc2c(c1)N(C(=O)NCc1ccccc1C)NN2. The number of ether oxygens (including phenoxy) is 1. The Hall–Kier alpha value is -2.73. The molecule has 0 atom stereocenters. The van der Waals surface area contributed by atoms with Crippen molar-refractivity contribution in [2.45, 2.75) is 13.5 Å². The van der Waals surface area contributed by atoms with Crippen LogP contribution in [0, 0.1) is 6.92 Å². The van der Waals surface area contributed by atoms with Gasteiger partial charge in [0, 0.05) is 12.6 Å². The van der Waals surface area contributed by atoms with Gasteiger partial charge in [-0.25, -0.2) is 9.80 Å². The Balaban J connectivity index is 1.71. The van der Waals surface area contributed by atoms with E-state index in [-0.39, 0.29) is 6.03 Å². The molecule has 0 saturated heterocycles. The molecule has 0 unspecified atom stereocenters. The smallest absolute Gasteiger partial charge is 0.338 e. The summed E-state index contributed by atoms with van der Waals surface area (Å²) in [5.74, 6) is 0.695. The fraction of sp³-hybridized carbons (Fsp3) is 0.188. The topological polar surface area (TPSA) is 65.6 Å². The van der Waals surface area contributed by atoms with Crippen LogP contribution in [0.4, 0.5) is 16.2 Å². The Kier molecular flexibility index (Phi) is 3.84. The minimum Gasteiger partial charge on any atom is -0.497 e. The van der Waals surface area contributed by atoms with Gasteiger partial charge in [0.05, 0.1) is 18.5 Å². The molecule has 2 aromatic rings. The molecule has 0 fully saturated rings. The molecule has 3 rings (SSSR count). The van der Waals surface area contributed by atoms with Gasteiger partial charge in [-0.05, 0) is 30.2 Å². The molecule has 0 saturated carbocycles. The minimum atomic E-state index is -0.234. The van der Waals surface area contributed by atoms with E-state index < -0.39 is 0 Å². The van der Waals surface area contributed by atoms with E-state index in [1.54, 1.807) is 13.2 Å². The maximum atomic E-state index is 12.4. The number of hydrogen-bond donors (Lipinski definition) is 3. The van der Waals surface area contributed by atoms with Crippen molar-refractivity contribution in [1.82, 2.24) is 10.9 Å². The molecule has 0 aliphatic carbocycles. The number of fused-ring (bicyclic) bond motifs is 1. The number of carbonyl (C=O) groups excluding carboxylic acids is 1. The number of benzene rings is 2. The van der Waals surface area contributed by atoms with E-state index in [1.807, 2.05) is 43.3 Å². The zero-order valence-electron chi connectivity index (χ0n) is 12.5. The number of carbonyl (C=O) groups is 1. The quantitative estimate of drug-likeness (QED) is 0.815. The van der Waals surface area contributed by atoms with Crippen molar-refractivity contribution in [2.75, 3.05) is 17.5 Å². The summed E-state index contributed by atoms with van der Waals surface area (Å²) >= 11 is 0. The highest BCUT2D eigenvalue weighted by molar-refractivity contribution is 5.97. The zero-order valence-corrected chi connectivity index (χ0v) is 12.5. The Morgan fingerprint density at radius 1 is 1.27 bits per heavy atom. The largest absolute Gasteiger partial charge is 0.497 e. The van der Waals surface area contributed by atoms with Crippen LogP contribution in [-0.4, -0.2) is 13.1 Å². The maximum Gasteiger partial charge on any atom is 0.338 e. The standard InChI is InChI=1S/C16H18N4O2/c1-11-5-3-4-6-12(11)10-17-16(21)20-15-9-13(22-2)7-8-14(15)18-19-20/h3-9,18-19H,10H2,1-2H3,(H,17,21). The Bertz CT molecular complexity index is 702. The summed E-state index contributed by atoms with van der Waals surface area (Å²) in [4.78, 5) is 12.4. The molecule has 0 aromatic heterocycles. The highest BCUT2D eigenvalue weighted by Crippen LogP contribution is 2.32. The van der Waals surface area contributed by atoms with Crippen molar-refractivity contribution in [2.24, 2.45) is 0 Å². The van der Waals surface area contributed by atoms with Crippen molar-refractivity contribution < 1.29 is 9.53 Å². The van der Waals surface area contributed by atoms with Crippen LogP contribution in [0.5, 0.6) is 5.75 Å². The first kappa shape index (κ1) is 14.2. The summed E-state index contributed by atoms with van der Waals surface area (Å²) in [5, 5.41) is 4.33. The average Bonchev–Trinajstić information content (AvgIpc) is 2.96. The van der Waals surface area contributed by atoms with Crippen LogP contribution >= 0.6 is 0 Å². The van der Waals surface area contributed by atoms with Crippen LogP contribution in [0.2, 0.25) is 0 Å². The summed E-state index contributed by atoms with van der Waals surface area (Å²) in [6.45, 7) is 2.50. The summed E-state index contributed by atoms with van der Waals surface area (Å²) in [6.07, 6.45) is 0. The van der Waals surface area contributed by atoms with E-state index in [1.165, 1.54) is 5.01 Å². The highest BCUT2D eigenvalue weighted by atomic mass is 16.5. The molecular formula is C16H18N4O2. The predicted molar refractivity (Wildman–Crippen MR) is 85.6 cm³/mol. The molecular weight excluding hydrogens is 280 g/mol. The van der Waals surface area contributed by atoms with Crippen molar-refractivity contribution in [3.63, 3.8) is 0 Å². The first-order valence-corrected chi connectivity index (χ1v) is 7.01. The van der Waals surface area contributed by atoms with Crippen LogP contribution in [0.1, 0.15) is 11.1 Å². The molecule has 1 aliphatic rings. The van der Waals surface area contributed by atoms with Crippen LogP contribution in [0.15, 0.2) is 42.5 Å². The van der Waals surface area contributed by atoms with Gasteiger partial charge in [0.2, 0.25) is 0 Å². The monoisotopic (exact) mass is 298 g/mol. The molecule has 114 valence electrons. The number of methoxy groups -OCH3 is 1. The number of aryl methyl sites for hydroxylation is 1. The Morgan fingerprint density at radius 2 is 2.09 bits per heavy atom. The van der Waals surface area contributed by atoms with E-state index >= 15 is 0 Å². The highest BCUT2D eigenvalue weighted by Gasteiger charge is 2.24. The number of nitrogens with one attached hydrogen (secondary N) is 3. The average molecular weight is 298 g/mol.